The number of rotatable bonds is 6. The summed E-state index contributed by atoms with van der Waals surface area (Å²) in [4.78, 5) is 12.2. The predicted octanol–water partition coefficient (Wildman–Crippen LogP) is -0.470. The first-order valence-corrected chi connectivity index (χ1v) is 8.93. The first kappa shape index (κ1) is 19.6. The maximum atomic E-state index is 13.1. The molecule has 29 heavy (non-hydrogen) atoms. The van der Waals surface area contributed by atoms with E-state index in [1.165, 1.54) is 29.4 Å². The van der Waals surface area contributed by atoms with Crippen LogP contribution in [0.3, 0.4) is 0 Å². The highest BCUT2D eigenvalue weighted by molar-refractivity contribution is 5.81. The summed E-state index contributed by atoms with van der Waals surface area (Å²) in [7, 11) is 0. The summed E-state index contributed by atoms with van der Waals surface area (Å²) in [5, 5.41) is 30.6. The summed E-state index contributed by atoms with van der Waals surface area (Å²) in [5.74, 6) is -2.12. The minimum Gasteiger partial charge on any atom is -0.394 e. The molecule has 3 heterocycles. The molecule has 1 aromatic carbocycles. The molecule has 2 aromatic heterocycles. The largest absolute Gasteiger partial charge is 0.394 e. The Labute approximate surface area is 164 Å². The highest BCUT2D eigenvalue weighted by atomic mass is 19.1. The standard InChI is InChI=1S/C18H20FN5O5/c19-11-3-1-10(2-4-11)5-6-28-18(15(27)14(26)12(7-25)29-18)24-9-23-13-16(20)21-8-22-17(13)24/h1-4,8-9,12,14-15,25-27H,5-7H2,(H2,20,21,22)/t12-,14-,15-,18-/m1/s1. The molecular formula is C18H20FN5O5. The molecule has 1 fully saturated rings. The van der Waals surface area contributed by atoms with Crippen LogP contribution < -0.4 is 5.73 Å². The van der Waals surface area contributed by atoms with Gasteiger partial charge in [0.15, 0.2) is 17.6 Å². The van der Waals surface area contributed by atoms with Crippen LogP contribution in [0.25, 0.3) is 11.2 Å². The molecular weight excluding hydrogens is 385 g/mol. The average molecular weight is 405 g/mol. The second-order valence-electron chi connectivity index (χ2n) is 6.68. The molecule has 4 rings (SSSR count). The Hall–Kier alpha value is -2.70. The number of nitrogen functional groups attached to an aromatic ring is 1. The number of halogens is 1. The summed E-state index contributed by atoms with van der Waals surface area (Å²) >= 11 is 0. The van der Waals surface area contributed by atoms with E-state index in [2.05, 4.69) is 15.0 Å². The topological polar surface area (TPSA) is 149 Å². The van der Waals surface area contributed by atoms with Crippen molar-refractivity contribution in [3.8, 4) is 0 Å². The number of hydrogen-bond donors (Lipinski definition) is 4. The second kappa shape index (κ2) is 7.61. The van der Waals surface area contributed by atoms with Gasteiger partial charge in [0.05, 0.1) is 13.2 Å². The van der Waals surface area contributed by atoms with Crippen LogP contribution in [0, 0.1) is 5.82 Å². The van der Waals surface area contributed by atoms with Crippen molar-refractivity contribution in [2.24, 2.45) is 0 Å². The molecule has 0 bridgehead atoms. The summed E-state index contributed by atoms with van der Waals surface area (Å²) in [6, 6.07) is 5.90. The van der Waals surface area contributed by atoms with Crippen LogP contribution in [0.4, 0.5) is 10.2 Å². The SMILES string of the molecule is Nc1ncnc2c1ncn2[C@]1(OCCc2ccc(F)cc2)O[C@H](CO)[C@@H](O)[C@H]1O. The van der Waals surface area contributed by atoms with E-state index in [9.17, 15) is 19.7 Å². The van der Waals surface area contributed by atoms with Gasteiger partial charge < -0.3 is 30.5 Å². The van der Waals surface area contributed by atoms with Gasteiger partial charge in [-0.05, 0) is 24.1 Å². The summed E-state index contributed by atoms with van der Waals surface area (Å²) in [6.07, 6.45) is -1.15. The Morgan fingerprint density at radius 2 is 1.97 bits per heavy atom. The number of benzene rings is 1. The van der Waals surface area contributed by atoms with Crippen LogP contribution >= 0.6 is 0 Å². The van der Waals surface area contributed by atoms with Crippen LogP contribution in [0.5, 0.6) is 0 Å². The molecule has 0 amide bonds. The number of hydrogen-bond acceptors (Lipinski definition) is 9. The number of fused-ring (bicyclic) bond motifs is 1. The zero-order valence-corrected chi connectivity index (χ0v) is 15.2. The van der Waals surface area contributed by atoms with Crippen LogP contribution in [0.15, 0.2) is 36.9 Å². The van der Waals surface area contributed by atoms with E-state index >= 15 is 0 Å². The van der Waals surface area contributed by atoms with Gasteiger partial charge in [-0.1, -0.05) is 12.1 Å². The van der Waals surface area contributed by atoms with Crippen molar-refractivity contribution in [1.29, 1.82) is 0 Å². The Kier molecular flexibility index (Phi) is 5.15. The zero-order chi connectivity index (χ0) is 20.6. The van der Waals surface area contributed by atoms with Crippen molar-refractivity contribution in [1.82, 2.24) is 19.5 Å². The lowest BCUT2D eigenvalue weighted by atomic mass is 10.1. The molecule has 11 heteroatoms. The quantitative estimate of drug-likeness (QED) is 0.427. The molecule has 5 N–H and O–H groups in total. The van der Waals surface area contributed by atoms with Gasteiger partial charge in [0.1, 0.15) is 36.2 Å². The van der Waals surface area contributed by atoms with Gasteiger partial charge in [-0.15, -0.1) is 0 Å². The number of nitrogens with zero attached hydrogens (tertiary/aromatic N) is 4. The highest BCUT2D eigenvalue weighted by Crippen LogP contribution is 2.38. The summed E-state index contributed by atoms with van der Waals surface area (Å²) in [6.45, 7) is -0.487. The molecule has 1 saturated heterocycles. The predicted molar refractivity (Wildman–Crippen MR) is 97.7 cm³/mol. The zero-order valence-electron chi connectivity index (χ0n) is 15.2. The van der Waals surface area contributed by atoms with E-state index in [1.54, 1.807) is 12.1 Å². The summed E-state index contributed by atoms with van der Waals surface area (Å²) in [5.41, 5.74) is 7.12. The third-order valence-electron chi connectivity index (χ3n) is 4.89. The number of anilines is 1. The van der Waals surface area contributed by atoms with Gasteiger partial charge in [0.2, 0.25) is 0 Å². The van der Waals surface area contributed by atoms with E-state index in [0.717, 1.165) is 5.56 Å². The van der Waals surface area contributed by atoms with Crippen LogP contribution in [-0.4, -0.2) is 66.4 Å². The Morgan fingerprint density at radius 1 is 1.21 bits per heavy atom. The molecule has 0 unspecified atom stereocenters. The number of imidazole rings is 1. The van der Waals surface area contributed by atoms with E-state index in [1.807, 2.05) is 0 Å². The molecule has 154 valence electrons. The van der Waals surface area contributed by atoms with Gasteiger partial charge >= 0.3 is 0 Å². The lowest BCUT2D eigenvalue weighted by molar-refractivity contribution is -0.313. The van der Waals surface area contributed by atoms with Gasteiger partial charge in [-0.3, -0.25) is 4.57 Å². The fraction of sp³-hybridized carbons (Fsp3) is 0.389. The first-order chi connectivity index (χ1) is 14.0. The lowest BCUT2D eigenvalue weighted by Crippen LogP contribution is -2.48. The molecule has 0 radical (unpaired) electrons. The number of ether oxygens (including phenoxy) is 2. The van der Waals surface area contributed by atoms with E-state index in [4.69, 9.17) is 15.2 Å². The second-order valence-corrected chi connectivity index (χ2v) is 6.68. The Balaban J connectivity index is 1.68. The van der Waals surface area contributed by atoms with Gasteiger partial charge in [0, 0.05) is 0 Å². The van der Waals surface area contributed by atoms with Crippen LogP contribution in [0.1, 0.15) is 5.56 Å². The number of nitrogens with two attached hydrogens (primary N) is 1. The molecule has 10 nitrogen and oxygen atoms in total. The normalized spacial score (nSPS) is 27.0. The van der Waals surface area contributed by atoms with E-state index < -0.39 is 30.8 Å². The van der Waals surface area contributed by atoms with Crippen molar-refractivity contribution >= 4 is 17.0 Å². The fourth-order valence-electron chi connectivity index (χ4n) is 3.36. The third-order valence-corrected chi connectivity index (χ3v) is 4.89. The highest BCUT2D eigenvalue weighted by Gasteiger charge is 2.57. The molecule has 1 aliphatic rings. The van der Waals surface area contributed by atoms with Crippen LogP contribution in [0.2, 0.25) is 0 Å². The first-order valence-electron chi connectivity index (χ1n) is 8.93. The number of aromatic nitrogens is 4. The third kappa shape index (κ3) is 3.32. The molecule has 4 atom stereocenters. The fourth-order valence-corrected chi connectivity index (χ4v) is 3.36. The van der Waals surface area contributed by atoms with Crippen molar-refractivity contribution in [3.05, 3.63) is 48.3 Å². The van der Waals surface area contributed by atoms with Gasteiger partial charge in [-0.2, -0.15) is 0 Å². The number of aliphatic hydroxyl groups excluding tert-OH is 3. The smallest absolute Gasteiger partial charge is 0.288 e. The monoisotopic (exact) mass is 405 g/mol. The Bertz CT molecular complexity index is 1000. The van der Waals surface area contributed by atoms with E-state index in [-0.39, 0.29) is 29.4 Å². The molecule has 1 aliphatic heterocycles. The van der Waals surface area contributed by atoms with Crippen molar-refractivity contribution in [2.45, 2.75) is 30.6 Å². The minimum atomic E-state index is -1.90. The molecule has 3 aromatic rings. The minimum absolute atomic E-state index is 0.0494. The Morgan fingerprint density at radius 3 is 2.66 bits per heavy atom. The molecule has 0 aliphatic carbocycles. The van der Waals surface area contributed by atoms with Gasteiger partial charge in [0.25, 0.3) is 5.91 Å². The van der Waals surface area contributed by atoms with Crippen molar-refractivity contribution in [3.63, 3.8) is 0 Å². The average Bonchev–Trinajstić information content (AvgIpc) is 3.26. The van der Waals surface area contributed by atoms with Crippen LogP contribution in [-0.2, 0) is 21.8 Å². The molecule has 0 saturated carbocycles. The van der Waals surface area contributed by atoms with Gasteiger partial charge in [-0.25, -0.2) is 19.3 Å². The lowest BCUT2D eigenvalue weighted by Gasteiger charge is -2.33. The molecule has 0 spiro atoms. The van der Waals surface area contributed by atoms with Crippen molar-refractivity contribution in [2.75, 3.05) is 18.9 Å². The number of aliphatic hydroxyl groups is 3. The summed E-state index contributed by atoms with van der Waals surface area (Å²) < 4.78 is 26.1. The maximum Gasteiger partial charge on any atom is 0.288 e. The van der Waals surface area contributed by atoms with Crippen molar-refractivity contribution < 1.29 is 29.2 Å². The maximum absolute atomic E-state index is 13.1. The van der Waals surface area contributed by atoms with E-state index in [0.29, 0.717) is 6.42 Å².